The van der Waals surface area contributed by atoms with Crippen molar-refractivity contribution in [1.29, 1.82) is 0 Å². The number of para-hydroxylation sites is 1. The SMILES string of the molecule is O=c1sc2ccccc2n1F. The van der Waals surface area contributed by atoms with E-state index in [-0.39, 0.29) is 4.79 Å². The van der Waals surface area contributed by atoms with E-state index in [4.69, 9.17) is 0 Å². The van der Waals surface area contributed by atoms with Crippen molar-refractivity contribution in [3.63, 3.8) is 0 Å². The van der Waals surface area contributed by atoms with Crippen LogP contribution in [0.1, 0.15) is 0 Å². The van der Waals surface area contributed by atoms with Gasteiger partial charge in [-0.2, -0.15) is 0 Å². The quantitative estimate of drug-likeness (QED) is 0.589. The fourth-order valence-electron chi connectivity index (χ4n) is 0.938. The fourth-order valence-corrected chi connectivity index (χ4v) is 1.70. The van der Waals surface area contributed by atoms with Gasteiger partial charge in [0.15, 0.2) is 0 Å². The van der Waals surface area contributed by atoms with E-state index in [1.54, 1.807) is 24.3 Å². The maximum atomic E-state index is 12.8. The summed E-state index contributed by atoms with van der Waals surface area (Å²) in [5.41, 5.74) is 0.350. The summed E-state index contributed by atoms with van der Waals surface area (Å²) in [5, 5.41) is 0. The van der Waals surface area contributed by atoms with Gasteiger partial charge in [-0.15, -0.1) is 4.79 Å². The molecule has 2 nitrogen and oxygen atoms in total. The molecule has 2 aromatic rings. The number of benzene rings is 1. The number of thiazole rings is 1. The van der Waals surface area contributed by atoms with Crippen LogP contribution >= 0.6 is 11.3 Å². The lowest BCUT2D eigenvalue weighted by molar-refractivity contribution is 0.378. The molecular weight excluding hydrogens is 165 g/mol. The van der Waals surface area contributed by atoms with Crippen LogP contribution in [-0.2, 0) is 0 Å². The minimum atomic E-state index is -0.564. The fraction of sp³-hybridized carbons (Fsp3) is 0. The van der Waals surface area contributed by atoms with Crippen LogP contribution in [0, 0.1) is 0 Å². The van der Waals surface area contributed by atoms with Gasteiger partial charge in [0.05, 0.1) is 10.2 Å². The van der Waals surface area contributed by atoms with Crippen molar-refractivity contribution >= 4 is 21.6 Å². The van der Waals surface area contributed by atoms with Crippen molar-refractivity contribution in [2.45, 2.75) is 0 Å². The first-order valence-corrected chi connectivity index (χ1v) is 3.87. The monoisotopic (exact) mass is 169 g/mol. The number of hydrogen-bond acceptors (Lipinski definition) is 2. The minimum absolute atomic E-state index is 0.167. The molecule has 0 radical (unpaired) electrons. The standard InChI is InChI=1S/C7H4FNOS/c8-9-5-3-1-2-4-6(5)11-7(9)10/h1-4H. The van der Waals surface area contributed by atoms with Crippen molar-refractivity contribution in [2.75, 3.05) is 0 Å². The average molecular weight is 169 g/mol. The first-order chi connectivity index (χ1) is 5.29. The zero-order valence-corrected chi connectivity index (χ0v) is 6.27. The van der Waals surface area contributed by atoms with E-state index in [1.807, 2.05) is 0 Å². The predicted octanol–water partition coefficient (Wildman–Crippen LogP) is 1.80. The maximum Gasteiger partial charge on any atom is 0.336 e. The third-order valence-electron chi connectivity index (χ3n) is 1.43. The lowest BCUT2D eigenvalue weighted by Gasteiger charge is -1.85. The molecule has 56 valence electrons. The molecule has 1 aromatic carbocycles. The minimum Gasteiger partial charge on any atom is -0.254 e. The molecule has 0 saturated carbocycles. The summed E-state index contributed by atoms with van der Waals surface area (Å²) in [6.07, 6.45) is 0. The van der Waals surface area contributed by atoms with E-state index in [2.05, 4.69) is 0 Å². The number of nitrogens with zero attached hydrogens (tertiary/aromatic N) is 1. The third kappa shape index (κ3) is 0.867. The van der Waals surface area contributed by atoms with Crippen molar-refractivity contribution < 1.29 is 4.48 Å². The van der Waals surface area contributed by atoms with Gasteiger partial charge in [0.1, 0.15) is 0 Å². The molecule has 1 heterocycles. The van der Waals surface area contributed by atoms with Gasteiger partial charge in [-0.1, -0.05) is 28.0 Å². The highest BCUT2D eigenvalue weighted by atomic mass is 32.1. The molecule has 0 aliphatic heterocycles. The van der Waals surface area contributed by atoms with E-state index in [0.717, 1.165) is 11.3 Å². The first-order valence-electron chi connectivity index (χ1n) is 3.06. The van der Waals surface area contributed by atoms with E-state index in [9.17, 15) is 9.28 Å². The highest BCUT2D eigenvalue weighted by Crippen LogP contribution is 2.15. The topological polar surface area (TPSA) is 22.0 Å². The number of halogens is 1. The number of rotatable bonds is 0. The summed E-state index contributed by atoms with van der Waals surface area (Å²) >= 11 is 0.911. The Morgan fingerprint density at radius 3 is 2.82 bits per heavy atom. The highest BCUT2D eigenvalue weighted by Gasteiger charge is 2.03. The second kappa shape index (κ2) is 2.17. The van der Waals surface area contributed by atoms with Gasteiger partial charge in [0, 0.05) is 0 Å². The highest BCUT2D eigenvalue weighted by molar-refractivity contribution is 7.16. The molecule has 0 unspecified atom stereocenters. The Hall–Kier alpha value is -1.16. The Morgan fingerprint density at radius 1 is 1.36 bits per heavy atom. The zero-order valence-electron chi connectivity index (χ0n) is 5.45. The summed E-state index contributed by atoms with van der Waals surface area (Å²) in [4.78, 5) is 10.3. The Kier molecular flexibility index (Phi) is 1.29. The van der Waals surface area contributed by atoms with Gasteiger partial charge < -0.3 is 0 Å². The lowest BCUT2D eigenvalue weighted by atomic mass is 10.3. The van der Waals surface area contributed by atoms with Crippen LogP contribution in [0.4, 0.5) is 4.48 Å². The molecule has 0 saturated heterocycles. The summed E-state index contributed by atoms with van der Waals surface area (Å²) in [6.45, 7) is 0. The molecule has 0 N–H and O–H groups in total. The normalized spacial score (nSPS) is 10.6. The Labute approximate surface area is 65.4 Å². The van der Waals surface area contributed by atoms with Gasteiger partial charge in [0.2, 0.25) is 0 Å². The molecule has 0 bridgehead atoms. The maximum absolute atomic E-state index is 12.8. The predicted molar refractivity (Wildman–Crippen MR) is 42.6 cm³/mol. The van der Waals surface area contributed by atoms with Gasteiger partial charge >= 0.3 is 4.87 Å². The number of aromatic nitrogens is 1. The van der Waals surface area contributed by atoms with Gasteiger partial charge in [-0.3, -0.25) is 4.79 Å². The Bertz CT molecular complexity index is 445. The van der Waals surface area contributed by atoms with E-state index < -0.39 is 4.87 Å². The van der Waals surface area contributed by atoms with Crippen molar-refractivity contribution in [3.8, 4) is 0 Å². The molecule has 0 aliphatic rings. The third-order valence-corrected chi connectivity index (χ3v) is 2.33. The second-order valence-electron chi connectivity index (χ2n) is 2.12. The van der Waals surface area contributed by atoms with Crippen LogP contribution in [0.2, 0.25) is 0 Å². The van der Waals surface area contributed by atoms with E-state index in [0.29, 0.717) is 10.2 Å². The lowest BCUT2D eigenvalue weighted by Crippen LogP contribution is -2.01. The average Bonchev–Trinajstić information content (AvgIpc) is 2.30. The molecule has 2 rings (SSSR count). The van der Waals surface area contributed by atoms with Crippen molar-refractivity contribution in [1.82, 2.24) is 4.79 Å². The molecule has 11 heavy (non-hydrogen) atoms. The molecule has 0 aliphatic carbocycles. The molecule has 0 amide bonds. The summed E-state index contributed by atoms with van der Waals surface area (Å²) in [6, 6.07) is 6.77. The van der Waals surface area contributed by atoms with Crippen LogP contribution < -0.4 is 4.87 Å². The molecular formula is C7H4FNOS. The largest absolute Gasteiger partial charge is 0.336 e. The van der Waals surface area contributed by atoms with Crippen LogP contribution in [0.25, 0.3) is 10.2 Å². The van der Waals surface area contributed by atoms with E-state index in [1.165, 1.54) is 0 Å². The van der Waals surface area contributed by atoms with Crippen LogP contribution in [0.5, 0.6) is 0 Å². The van der Waals surface area contributed by atoms with Gasteiger partial charge in [-0.05, 0) is 12.1 Å². The molecule has 4 heteroatoms. The molecule has 1 aromatic heterocycles. The Morgan fingerprint density at radius 2 is 2.09 bits per heavy atom. The number of hydrogen-bond donors (Lipinski definition) is 0. The first kappa shape index (κ1) is 6.54. The molecule has 0 spiro atoms. The second-order valence-corrected chi connectivity index (χ2v) is 3.11. The molecule has 0 fully saturated rings. The van der Waals surface area contributed by atoms with Crippen LogP contribution in [-0.4, -0.2) is 4.79 Å². The van der Waals surface area contributed by atoms with Gasteiger partial charge in [0.25, 0.3) is 0 Å². The summed E-state index contributed by atoms with van der Waals surface area (Å²) in [5.74, 6) is 0. The Balaban J connectivity index is 3.04. The van der Waals surface area contributed by atoms with E-state index >= 15 is 0 Å². The van der Waals surface area contributed by atoms with Crippen LogP contribution in [0.3, 0.4) is 0 Å². The smallest absolute Gasteiger partial charge is 0.254 e. The summed E-state index contributed by atoms with van der Waals surface area (Å²) in [7, 11) is 0. The summed E-state index contributed by atoms with van der Waals surface area (Å²) < 4.78 is 13.5. The molecule has 0 atom stereocenters. The van der Waals surface area contributed by atoms with Gasteiger partial charge in [-0.25, -0.2) is 0 Å². The zero-order chi connectivity index (χ0) is 7.84. The van der Waals surface area contributed by atoms with Crippen molar-refractivity contribution in [3.05, 3.63) is 33.9 Å². The van der Waals surface area contributed by atoms with Crippen molar-refractivity contribution in [2.24, 2.45) is 0 Å². The number of fused-ring (bicyclic) bond motifs is 1. The van der Waals surface area contributed by atoms with Crippen LogP contribution in [0.15, 0.2) is 29.1 Å².